The number of carbonyl (C=O) groups is 2. The summed E-state index contributed by atoms with van der Waals surface area (Å²) in [5, 5.41) is 6.00. The number of nitrogens with zero attached hydrogens (tertiary/aromatic N) is 2. The van der Waals surface area contributed by atoms with Gasteiger partial charge in [-0.3, -0.25) is 19.0 Å². The molecule has 0 aliphatic heterocycles. The number of para-hydroxylation sites is 3. The Hall–Kier alpha value is -4.17. The SMILES string of the molecule is CCC(=O)Nc1ccccc1-c1nc2ccccc2n(CC(=O)Nc2cc(Cl)ccc2OC)c1=O. The van der Waals surface area contributed by atoms with Crippen LogP contribution >= 0.6 is 11.6 Å². The van der Waals surface area contributed by atoms with E-state index >= 15 is 0 Å². The minimum Gasteiger partial charge on any atom is -0.495 e. The van der Waals surface area contributed by atoms with E-state index < -0.39 is 11.5 Å². The van der Waals surface area contributed by atoms with Gasteiger partial charge in [-0.2, -0.15) is 0 Å². The molecule has 0 fully saturated rings. The molecule has 8 nitrogen and oxygen atoms in total. The van der Waals surface area contributed by atoms with Gasteiger partial charge in [-0.1, -0.05) is 48.9 Å². The van der Waals surface area contributed by atoms with Crippen molar-refractivity contribution >= 4 is 45.8 Å². The first-order chi connectivity index (χ1) is 16.9. The van der Waals surface area contributed by atoms with E-state index in [9.17, 15) is 14.4 Å². The second-order valence-electron chi connectivity index (χ2n) is 7.68. The Balaban J connectivity index is 1.78. The topological polar surface area (TPSA) is 102 Å². The fourth-order valence-corrected chi connectivity index (χ4v) is 3.85. The molecule has 0 saturated heterocycles. The lowest BCUT2D eigenvalue weighted by Crippen LogP contribution is -2.30. The monoisotopic (exact) mass is 490 g/mol. The summed E-state index contributed by atoms with van der Waals surface area (Å²) in [6, 6.07) is 18.9. The van der Waals surface area contributed by atoms with Gasteiger partial charge < -0.3 is 15.4 Å². The van der Waals surface area contributed by atoms with Crippen LogP contribution in [-0.4, -0.2) is 28.5 Å². The highest BCUT2D eigenvalue weighted by Gasteiger charge is 2.18. The minimum atomic E-state index is -0.463. The predicted molar refractivity (Wildman–Crippen MR) is 137 cm³/mol. The molecule has 178 valence electrons. The van der Waals surface area contributed by atoms with E-state index in [1.54, 1.807) is 73.7 Å². The van der Waals surface area contributed by atoms with Crippen LogP contribution in [0.15, 0.2) is 71.5 Å². The van der Waals surface area contributed by atoms with Gasteiger partial charge in [-0.15, -0.1) is 0 Å². The van der Waals surface area contributed by atoms with Gasteiger partial charge in [0.2, 0.25) is 11.8 Å². The number of halogens is 1. The van der Waals surface area contributed by atoms with Gasteiger partial charge >= 0.3 is 0 Å². The van der Waals surface area contributed by atoms with Crippen LogP contribution in [0.5, 0.6) is 5.75 Å². The number of amides is 2. The zero-order chi connectivity index (χ0) is 24.9. The molecule has 0 saturated carbocycles. The zero-order valence-corrected chi connectivity index (χ0v) is 19.9. The fourth-order valence-electron chi connectivity index (χ4n) is 3.67. The van der Waals surface area contributed by atoms with Crippen molar-refractivity contribution in [2.45, 2.75) is 19.9 Å². The van der Waals surface area contributed by atoms with Gasteiger partial charge in [-0.25, -0.2) is 4.98 Å². The summed E-state index contributed by atoms with van der Waals surface area (Å²) in [5.41, 5.74) is 2.04. The molecule has 0 aliphatic rings. The van der Waals surface area contributed by atoms with Crippen molar-refractivity contribution in [2.75, 3.05) is 17.7 Å². The summed E-state index contributed by atoms with van der Waals surface area (Å²) >= 11 is 6.07. The van der Waals surface area contributed by atoms with Crippen molar-refractivity contribution < 1.29 is 14.3 Å². The summed E-state index contributed by atoms with van der Waals surface area (Å²) in [7, 11) is 1.49. The number of hydrogen-bond donors (Lipinski definition) is 2. The van der Waals surface area contributed by atoms with E-state index in [1.165, 1.54) is 11.7 Å². The quantitative estimate of drug-likeness (QED) is 0.390. The van der Waals surface area contributed by atoms with E-state index in [4.69, 9.17) is 16.3 Å². The summed E-state index contributed by atoms with van der Waals surface area (Å²) in [4.78, 5) is 43.2. The van der Waals surface area contributed by atoms with Crippen molar-refractivity contribution in [3.05, 3.63) is 82.1 Å². The number of rotatable bonds is 7. The predicted octanol–water partition coefficient (Wildman–Crippen LogP) is 4.71. The number of nitrogens with one attached hydrogen (secondary N) is 2. The molecule has 0 radical (unpaired) electrons. The third-order valence-corrected chi connectivity index (χ3v) is 5.60. The number of carbonyl (C=O) groups excluding carboxylic acids is 2. The summed E-state index contributed by atoms with van der Waals surface area (Å²) in [6.07, 6.45) is 0.289. The molecule has 9 heteroatoms. The van der Waals surface area contributed by atoms with Gasteiger partial charge in [0, 0.05) is 17.0 Å². The average molecular weight is 491 g/mol. The highest BCUT2D eigenvalue weighted by atomic mass is 35.5. The lowest BCUT2D eigenvalue weighted by atomic mass is 10.1. The van der Waals surface area contributed by atoms with Crippen molar-refractivity contribution in [2.24, 2.45) is 0 Å². The van der Waals surface area contributed by atoms with E-state index in [0.717, 1.165) is 0 Å². The molecule has 0 spiro atoms. The van der Waals surface area contributed by atoms with E-state index in [-0.39, 0.29) is 24.6 Å². The molecule has 0 unspecified atom stereocenters. The maximum Gasteiger partial charge on any atom is 0.278 e. The molecular formula is C26H23ClN4O4. The second kappa shape index (κ2) is 10.4. The molecule has 35 heavy (non-hydrogen) atoms. The Labute approximate surface area is 206 Å². The maximum absolute atomic E-state index is 13.6. The van der Waals surface area contributed by atoms with Crippen molar-refractivity contribution in [3.63, 3.8) is 0 Å². The summed E-state index contributed by atoms with van der Waals surface area (Å²) in [5.74, 6) is -0.188. The molecule has 1 heterocycles. The summed E-state index contributed by atoms with van der Waals surface area (Å²) in [6.45, 7) is 1.47. The molecule has 3 aromatic carbocycles. The molecule has 4 rings (SSSR count). The molecule has 1 aromatic heterocycles. The van der Waals surface area contributed by atoms with Crippen LogP contribution in [0.4, 0.5) is 11.4 Å². The second-order valence-corrected chi connectivity index (χ2v) is 8.12. The van der Waals surface area contributed by atoms with Crippen molar-refractivity contribution in [1.29, 1.82) is 0 Å². The Morgan fingerprint density at radius 1 is 0.971 bits per heavy atom. The number of benzene rings is 3. The van der Waals surface area contributed by atoms with Gasteiger partial charge in [0.05, 0.1) is 29.5 Å². The van der Waals surface area contributed by atoms with E-state index in [1.807, 2.05) is 0 Å². The van der Waals surface area contributed by atoms with Gasteiger partial charge in [0.15, 0.2) is 0 Å². The van der Waals surface area contributed by atoms with E-state index in [2.05, 4.69) is 15.6 Å². The lowest BCUT2D eigenvalue weighted by molar-refractivity contribution is -0.117. The third kappa shape index (κ3) is 5.17. The Morgan fingerprint density at radius 2 is 1.69 bits per heavy atom. The number of methoxy groups -OCH3 is 1. The van der Waals surface area contributed by atoms with Crippen LogP contribution in [0.1, 0.15) is 13.3 Å². The van der Waals surface area contributed by atoms with Gasteiger partial charge in [-0.05, 0) is 36.4 Å². The van der Waals surface area contributed by atoms with Crippen molar-refractivity contribution in [1.82, 2.24) is 9.55 Å². The van der Waals surface area contributed by atoms with Crippen LogP contribution in [0.2, 0.25) is 5.02 Å². The first-order valence-electron chi connectivity index (χ1n) is 10.9. The number of fused-ring (bicyclic) bond motifs is 1. The maximum atomic E-state index is 13.6. The number of ether oxygens (including phenoxy) is 1. The standard InChI is InChI=1S/C26H23ClN4O4/c1-3-23(32)28-18-9-5-4-8-17(18)25-26(34)31(21-11-7-6-10-19(21)30-25)15-24(33)29-20-14-16(27)12-13-22(20)35-2/h4-14H,3,15H2,1-2H3,(H,28,32)(H,29,33). The smallest absolute Gasteiger partial charge is 0.278 e. The summed E-state index contributed by atoms with van der Waals surface area (Å²) < 4.78 is 6.65. The average Bonchev–Trinajstić information content (AvgIpc) is 2.86. The number of hydrogen-bond acceptors (Lipinski definition) is 5. The molecule has 0 bridgehead atoms. The molecule has 0 aliphatic carbocycles. The molecule has 0 atom stereocenters. The number of anilines is 2. The zero-order valence-electron chi connectivity index (χ0n) is 19.2. The fraction of sp³-hybridized carbons (Fsp3) is 0.154. The molecular weight excluding hydrogens is 468 g/mol. The van der Waals surface area contributed by atoms with Crippen molar-refractivity contribution in [3.8, 4) is 17.0 Å². The Kier molecular flexibility index (Phi) is 7.12. The Bertz CT molecular complexity index is 1480. The highest BCUT2D eigenvalue weighted by molar-refractivity contribution is 6.31. The normalized spacial score (nSPS) is 10.7. The first kappa shape index (κ1) is 24.0. The number of aromatic nitrogens is 2. The van der Waals surface area contributed by atoms with Crippen LogP contribution in [0, 0.1) is 0 Å². The third-order valence-electron chi connectivity index (χ3n) is 5.37. The highest BCUT2D eigenvalue weighted by Crippen LogP contribution is 2.28. The Morgan fingerprint density at radius 3 is 2.46 bits per heavy atom. The van der Waals surface area contributed by atoms with Gasteiger partial charge in [0.1, 0.15) is 18.0 Å². The van der Waals surface area contributed by atoms with Crippen LogP contribution in [0.3, 0.4) is 0 Å². The molecule has 2 amide bonds. The minimum absolute atomic E-state index is 0.129. The lowest BCUT2D eigenvalue weighted by Gasteiger charge is -2.15. The van der Waals surface area contributed by atoms with Crippen LogP contribution < -0.4 is 20.9 Å². The van der Waals surface area contributed by atoms with E-state index in [0.29, 0.717) is 38.7 Å². The molecule has 2 N–H and O–H groups in total. The van der Waals surface area contributed by atoms with Crippen LogP contribution in [0.25, 0.3) is 22.3 Å². The molecule has 4 aromatic rings. The largest absolute Gasteiger partial charge is 0.495 e. The van der Waals surface area contributed by atoms with Gasteiger partial charge in [0.25, 0.3) is 5.56 Å². The first-order valence-corrected chi connectivity index (χ1v) is 11.3. The van der Waals surface area contributed by atoms with Crippen LogP contribution in [-0.2, 0) is 16.1 Å².